The number of aliphatic hydroxyl groups is 1. The first kappa shape index (κ1) is 16.2. The number of carboxylic acids is 1. The van der Waals surface area contributed by atoms with Crippen LogP contribution in [0, 0.1) is 5.41 Å². The minimum Gasteiger partial charge on any atom is -0.481 e. The van der Waals surface area contributed by atoms with Crippen LogP contribution in [-0.4, -0.2) is 40.3 Å². The number of thiophene rings is 1. The molecule has 2 aromatic rings. The minimum absolute atomic E-state index is 0.372. The summed E-state index contributed by atoms with van der Waals surface area (Å²) in [5, 5.41) is 24.5. The second-order valence-corrected chi connectivity index (χ2v) is 7.04. The monoisotopic (exact) mass is 331 g/mol. The number of carboxylic acid groups (broad SMARTS) is 1. The predicted octanol–water partition coefficient (Wildman–Crippen LogP) is 2.63. The molecule has 0 bridgehead atoms. The average molecular weight is 331 g/mol. The number of benzene rings is 1. The van der Waals surface area contributed by atoms with Gasteiger partial charge in [0.2, 0.25) is 0 Å². The van der Waals surface area contributed by atoms with Gasteiger partial charge in [-0.05, 0) is 47.3 Å². The number of piperidine rings is 1. The van der Waals surface area contributed by atoms with Crippen LogP contribution >= 0.6 is 11.3 Å². The number of aliphatic carboxylic acids is 1. The van der Waals surface area contributed by atoms with Crippen LogP contribution in [0.4, 0.5) is 0 Å². The number of hydrogen-bond donors (Lipinski definition) is 2. The molecule has 2 atom stereocenters. The third kappa shape index (κ3) is 3.47. The number of rotatable bonds is 5. The quantitative estimate of drug-likeness (QED) is 0.884. The fraction of sp³-hybridized carbons (Fsp3) is 0.389. The van der Waals surface area contributed by atoms with Crippen molar-refractivity contribution in [2.75, 3.05) is 13.1 Å². The van der Waals surface area contributed by atoms with Gasteiger partial charge in [-0.3, -0.25) is 9.69 Å². The van der Waals surface area contributed by atoms with Gasteiger partial charge in [-0.1, -0.05) is 30.3 Å². The topological polar surface area (TPSA) is 60.8 Å². The summed E-state index contributed by atoms with van der Waals surface area (Å²) in [4.78, 5) is 14.1. The molecule has 1 fully saturated rings. The maximum absolute atomic E-state index is 11.9. The Morgan fingerprint density at radius 1 is 1.26 bits per heavy atom. The molecule has 1 aliphatic rings. The number of nitrogens with zero attached hydrogens (tertiary/aromatic N) is 1. The summed E-state index contributed by atoms with van der Waals surface area (Å²) in [5.41, 5.74) is 1.08. The fourth-order valence-electron chi connectivity index (χ4n) is 3.31. The van der Waals surface area contributed by atoms with Crippen molar-refractivity contribution in [3.05, 3.63) is 58.3 Å². The summed E-state index contributed by atoms with van der Waals surface area (Å²) in [5.74, 6) is -0.899. The average Bonchev–Trinajstić information content (AvgIpc) is 3.04. The highest BCUT2D eigenvalue weighted by molar-refractivity contribution is 7.07. The van der Waals surface area contributed by atoms with E-state index in [1.807, 2.05) is 35.7 Å². The van der Waals surface area contributed by atoms with Crippen LogP contribution in [0.15, 0.2) is 47.2 Å². The summed E-state index contributed by atoms with van der Waals surface area (Å²) in [6.45, 7) is 1.85. The molecule has 0 aliphatic carbocycles. The molecule has 1 saturated heterocycles. The summed E-state index contributed by atoms with van der Waals surface area (Å²) >= 11 is 1.65. The first-order valence-corrected chi connectivity index (χ1v) is 8.73. The number of carbonyl (C=O) groups is 1. The molecule has 23 heavy (non-hydrogen) atoms. The number of aliphatic hydroxyl groups excluding tert-OH is 1. The van der Waals surface area contributed by atoms with E-state index in [9.17, 15) is 15.0 Å². The van der Waals surface area contributed by atoms with E-state index in [1.54, 1.807) is 11.3 Å². The zero-order valence-electron chi connectivity index (χ0n) is 12.9. The largest absolute Gasteiger partial charge is 0.481 e. The molecule has 0 saturated carbocycles. The van der Waals surface area contributed by atoms with Gasteiger partial charge in [0.1, 0.15) is 5.41 Å². The molecule has 0 spiro atoms. The second kappa shape index (κ2) is 6.83. The first-order valence-electron chi connectivity index (χ1n) is 7.79. The molecule has 122 valence electrons. The highest BCUT2D eigenvalue weighted by Gasteiger charge is 2.48. The maximum atomic E-state index is 11.9. The molecule has 0 unspecified atom stereocenters. The molecule has 1 aromatic carbocycles. The van der Waals surface area contributed by atoms with Crippen LogP contribution in [-0.2, 0) is 17.8 Å². The van der Waals surface area contributed by atoms with Gasteiger partial charge in [0.05, 0.1) is 6.10 Å². The van der Waals surface area contributed by atoms with E-state index in [0.717, 1.165) is 12.1 Å². The highest BCUT2D eigenvalue weighted by atomic mass is 32.1. The molecule has 1 aromatic heterocycles. The van der Waals surface area contributed by atoms with E-state index in [2.05, 4.69) is 16.3 Å². The van der Waals surface area contributed by atoms with Crippen molar-refractivity contribution in [1.29, 1.82) is 0 Å². The first-order chi connectivity index (χ1) is 11.1. The molecule has 4 nitrogen and oxygen atoms in total. The van der Waals surface area contributed by atoms with Gasteiger partial charge in [0.15, 0.2) is 0 Å². The SMILES string of the molecule is O=C(O)[C@@]1(Cc2ccccc2)CCN(Cc2ccsc2)C[C@H]1O. The summed E-state index contributed by atoms with van der Waals surface area (Å²) < 4.78 is 0. The lowest BCUT2D eigenvalue weighted by Crippen LogP contribution is -2.55. The van der Waals surface area contributed by atoms with Crippen LogP contribution in [0.1, 0.15) is 17.5 Å². The number of β-amino-alcohol motifs (C(OH)–C–C–N with tert-alkyl or cyclic N) is 1. The van der Waals surface area contributed by atoms with Crippen molar-refractivity contribution >= 4 is 17.3 Å². The molecular formula is C18H21NO3S. The molecule has 0 radical (unpaired) electrons. The zero-order chi connectivity index (χ0) is 16.3. The van der Waals surface area contributed by atoms with Gasteiger partial charge >= 0.3 is 5.97 Å². The third-order valence-corrected chi connectivity index (χ3v) is 5.45. The Morgan fingerprint density at radius 2 is 2.04 bits per heavy atom. The van der Waals surface area contributed by atoms with Crippen molar-refractivity contribution < 1.29 is 15.0 Å². The lowest BCUT2D eigenvalue weighted by molar-refractivity contribution is -0.163. The fourth-order valence-corrected chi connectivity index (χ4v) is 3.97. The van der Waals surface area contributed by atoms with E-state index in [4.69, 9.17) is 0 Å². The van der Waals surface area contributed by atoms with Crippen molar-refractivity contribution in [2.24, 2.45) is 5.41 Å². The minimum atomic E-state index is -1.09. The van der Waals surface area contributed by atoms with Crippen LogP contribution in [0.2, 0.25) is 0 Å². The smallest absolute Gasteiger partial charge is 0.312 e. The second-order valence-electron chi connectivity index (χ2n) is 6.26. The molecule has 0 amide bonds. The molecule has 2 N–H and O–H groups in total. The maximum Gasteiger partial charge on any atom is 0.312 e. The van der Waals surface area contributed by atoms with Crippen molar-refractivity contribution in [3.63, 3.8) is 0 Å². The van der Waals surface area contributed by atoms with Gasteiger partial charge in [-0.2, -0.15) is 11.3 Å². The van der Waals surface area contributed by atoms with Crippen LogP contribution in [0.25, 0.3) is 0 Å². The Kier molecular flexibility index (Phi) is 4.80. The van der Waals surface area contributed by atoms with Gasteiger partial charge in [0, 0.05) is 13.1 Å². The van der Waals surface area contributed by atoms with Gasteiger partial charge in [0.25, 0.3) is 0 Å². The van der Waals surface area contributed by atoms with E-state index >= 15 is 0 Å². The van der Waals surface area contributed by atoms with Crippen LogP contribution in [0.3, 0.4) is 0 Å². The summed E-state index contributed by atoms with van der Waals surface area (Å²) in [7, 11) is 0. The third-order valence-electron chi connectivity index (χ3n) is 4.72. The highest BCUT2D eigenvalue weighted by Crippen LogP contribution is 2.36. The standard InChI is InChI=1S/C18H21NO3S/c20-16-12-19(11-15-6-9-23-13-15)8-7-18(16,17(21)22)10-14-4-2-1-3-5-14/h1-6,9,13,16,20H,7-8,10-12H2,(H,21,22)/t16-,18-/m1/s1. The Hall–Kier alpha value is -1.69. The number of hydrogen-bond acceptors (Lipinski definition) is 4. The van der Waals surface area contributed by atoms with Crippen molar-refractivity contribution in [3.8, 4) is 0 Å². The molecular weight excluding hydrogens is 310 g/mol. The van der Waals surface area contributed by atoms with Crippen LogP contribution in [0.5, 0.6) is 0 Å². The van der Waals surface area contributed by atoms with Gasteiger partial charge in [-0.15, -0.1) is 0 Å². The number of likely N-dealkylation sites (tertiary alicyclic amines) is 1. The Balaban J connectivity index is 1.73. The Morgan fingerprint density at radius 3 is 2.65 bits per heavy atom. The van der Waals surface area contributed by atoms with Gasteiger partial charge in [-0.25, -0.2) is 0 Å². The molecule has 1 aliphatic heterocycles. The summed E-state index contributed by atoms with van der Waals surface area (Å²) in [6.07, 6.45) is -0.0355. The molecule has 2 heterocycles. The van der Waals surface area contributed by atoms with Crippen molar-refractivity contribution in [1.82, 2.24) is 4.90 Å². The van der Waals surface area contributed by atoms with Gasteiger partial charge < -0.3 is 10.2 Å². The van der Waals surface area contributed by atoms with E-state index in [-0.39, 0.29) is 0 Å². The van der Waals surface area contributed by atoms with E-state index in [0.29, 0.717) is 25.9 Å². The predicted molar refractivity (Wildman–Crippen MR) is 90.4 cm³/mol. The van der Waals surface area contributed by atoms with E-state index in [1.165, 1.54) is 5.56 Å². The Labute approximate surface area is 140 Å². The molecule has 5 heteroatoms. The van der Waals surface area contributed by atoms with Crippen LogP contribution < -0.4 is 0 Å². The lowest BCUT2D eigenvalue weighted by Gasteiger charge is -2.42. The van der Waals surface area contributed by atoms with E-state index < -0.39 is 17.5 Å². The molecule has 3 rings (SSSR count). The lowest BCUT2D eigenvalue weighted by atomic mass is 9.71. The zero-order valence-corrected chi connectivity index (χ0v) is 13.7. The van der Waals surface area contributed by atoms with Crippen molar-refractivity contribution in [2.45, 2.75) is 25.5 Å². The Bertz CT molecular complexity index is 644. The normalized spacial score (nSPS) is 25.3. The summed E-state index contributed by atoms with van der Waals surface area (Å²) in [6, 6.07) is 11.6.